The van der Waals surface area contributed by atoms with Gasteiger partial charge in [-0.3, -0.25) is 0 Å². The van der Waals surface area contributed by atoms with Crippen molar-refractivity contribution in [2.45, 2.75) is 0 Å². The number of benzene rings is 4. The Morgan fingerprint density at radius 3 is 1.06 bits per heavy atom. The molecule has 0 bridgehead atoms. The summed E-state index contributed by atoms with van der Waals surface area (Å²) in [6, 6.07) is 38.2. The second-order valence-corrected chi connectivity index (χ2v) is 7.56. The molecule has 0 N–H and O–H groups in total. The average molecular weight is 417 g/mol. The highest BCUT2D eigenvalue weighted by molar-refractivity contribution is 5.73. The van der Waals surface area contributed by atoms with Crippen molar-refractivity contribution < 1.29 is 0 Å². The summed E-state index contributed by atoms with van der Waals surface area (Å²) in [4.78, 5) is 4.51. The molecule has 0 amide bonds. The van der Waals surface area contributed by atoms with Crippen LogP contribution in [0.5, 0.6) is 0 Å². The van der Waals surface area contributed by atoms with E-state index in [0.29, 0.717) is 0 Å². The van der Waals surface area contributed by atoms with E-state index in [1.54, 1.807) is 0 Å². The van der Waals surface area contributed by atoms with Gasteiger partial charge in [0.05, 0.1) is 0 Å². The fourth-order valence-electron chi connectivity index (χ4n) is 3.86. The normalized spacial score (nSPS) is 10.4. The van der Waals surface area contributed by atoms with Gasteiger partial charge in [-0.15, -0.1) is 13.2 Å². The monoisotopic (exact) mass is 416 g/mol. The van der Waals surface area contributed by atoms with Gasteiger partial charge in [0.15, 0.2) is 0 Å². The number of para-hydroxylation sites is 2. The average Bonchev–Trinajstić information content (AvgIpc) is 2.87. The highest BCUT2D eigenvalue weighted by Crippen LogP contribution is 2.31. The Balaban J connectivity index is 1.57. The zero-order valence-electron chi connectivity index (χ0n) is 18.3. The zero-order valence-corrected chi connectivity index (χ0v) is 18.3. The first kappa shape index (κ1) is 21.2. The first-order chi connectivity index (χ1) is 15.8. The van der Waals surface area contributed by atoms with Crippen LogP contribution in [0, 0.1) is 0 Å². The van der Waals surface area contributed by atoms with Crippen molar-refractivity contribution >= 4 is 22.7 Å². The third-order valence-corrected chi connectivity index (χ3v) is 5.45. The maximum atomic E-state index is 3.92. The van der Waals surface area contributed by atoms with Crippen LogP contribution in [0.15, 0.2) is 135 Å². The lowest BCUT2D eigenvalue weighted by Gasteiger charge is -2.24. The van der Waals surface area contributed by atoms with E-state index in [0.717, 1.165) is 35.8 Å². The van der Waals surface area contributed by atoms with Gasteiger partial charge in [-0.05, 0) is 59.7 Å². The van der Waals surface area contributed by atoms with Gasteiger partial charge in [-0.25, -0.2) is 0 Å². The molecule has 2 heteroatoms. The lowest BCUT2D eigenvalue weighted by atomic mass is 10.0. The molecule has 0 heterocycles. The smallest absolute Gasteiger partial charge is 0.0414 e. The van der Waals surface area contributed by atoms with Crippen LogP contribution in [-0.4, -0.2) is 13.1 Å². The fraction of sp³-hybridized carbons (Fsp3) is 0.0667. The number of nitrogens with zero attached hydrogens (tertiary/aromatic N) is 2. The maximum absolute atomic E-state index is 3.92. The summed E-state index contributed by atoms with van der Waals surface area (Å²) < 4.78 is 0. The summed E-state index contributed by atoms with van der Waals surface area (Å²) >= 11 is 0. The van der Waals surface area contributed by atoms with Crippen LogP contribution in [0.25, 0.3) is 11.1 Å². The molecular formula is C30H28N2. The summed E-state index contributed by atoms with van der Waals surface area (Å²) in [5, 5.41) is 0. The Morgan fingerprint density at radius 1 is 0.438 bits per heavy atom. The van der Waals surface area contributed by atoms with Gasteiger partial charge in [-0.1, -0.05) is 72.8 Å². The van der Waals surface area contributed by atoms with Crippen molar-refractivity contribution in [2.24, 2.45) is 0 Å². The van der Waals surface area contributed by atoms with E-state index in [1.165, 1.54) is 11.1 Å². The van der Waals surface area contributed by atoms with E-state index in [-0.39, 0.29) is 0 Å². The minimum Gasteiger partial charge on any atom is -0.338 e. The summed E-state index contributed by atoms with van der Waals surface area (Å²) in [5.74, 6) is 0. The summed E-state index contributed by atoms with van der Waals surface area (Å²) in [6.45, 7) is 9.37. The lowest BCUT2D eigenvalue weighted by Crippen LogP contribution is -2.16. The van der Waals surface area contributed by atoms with Gasteiger partial charge in [-0.2, -0.15) is 0 Å². The van der Waals surface area contributed by atoms with Crippen molar-refractivity contribution in [3.8, 4) is 11.1 Å². The molecule has 32 heavy (non-hydrogen) atoms. The van der Waals surface area contributed by atoms with E-state index >= 15 is 0 Å². The molecule has 0 aliphatic heterocycles. The molecule has 0 aliphatic carbocycles. The molecule has 0 aliphatic rings. The van der Waals surface area contributed by atoms with Gasteiger partial charge < -0.3 is 9.80 Å². The Morgan fingerprint density at radius 2 is 0.750 bits per heavy atom. The Labute approximate surface area is 191 Å². The molecule has 0 atom stereocenters. The van der Waals surface area contributed by atoms with Crippen LogP contribution in [0.3, 0.4) is 0 Å². The molecule has 0 aromatic heterocycles. The van der Waals surface area contributed by atoms with Gasteiger partial charge in [0.2, 0.25) is 0 Å². The number of hydrogen-bond donors (Lipinski definition) is 0. The highest BCUT2D eigenvalue weighted by atomic mass is 15.1. The van der Waals surface area contributed by atoms with Gasteiger partial charge in [0.25, 0.3) is 0 Å². The molecule has 4 rings (SSSR count). The standard InChI is InChI=1S/C30H28N2/c1-3-23-31(27-11-7-5-8-12-27)29-19-15-25(16-20-29)26-17-21-30(22-18-26)32(24-4-2)28-13-9-6-10-14-28/h3-22H,1-2,23-24H2. The number of hydrogen-bond acceptors (Lipinski definition) is 2. The second kappa shape index (κ2) is 10.3. The molecule has 2 nitrogen and oxygen atoms in total. The predicted molar refractivity (Wildman–Crippen MR) is 139 cm³/mol. The Kier molecular flexibility index (Phi) is 6.84. The summed E-state index contributed by atoms with van der Waals surface area (Å²) in [6.07, 6.45) is 3.86. The molecule has 0 fully saturated rings. The van der Waals surface area contributed by atoms with Crippen molar-refractivity contribution in [1.29, 1.82) is 0 Å². The first-order valence-corrected chi connectivity index (χ1v) is 10.9. The SMILES string of the molecule is C=CCN(c1ccccc1)c1ccc(-c2ccc(N(CC=C)c3ccccc3)cc2)cc1. The molecule has 0 radical (unpaired) electrons. The van der Waals surface area contributed by atoms with Crippen LogP contribution in [-0.2, 0) is 0 Å². The van der Waals surface area contributed by atoms with Crippen LogP contribution >= 0.6 is 0 Å². The minimum absolute atomic E-state index is 0.761. The third-order valence-electron chi connectivity index (χ3n) is 5.45. The van der Waals surface area contributed by atoms with Crippen LogP contribution < -0.4 is 9.80 Å². The van der Waals surface area contributed by atoms with Crippen LogP contribution in [0.2, 0.25) is 0 Å². The lowest BCUT2D eigenvalue weighted by molar-refractivity contribution is 1.10. The van der Waals surface area contributed by atoms with Crippen molar-refractivity contribution in [3.63, 3.8) is 0 Å². The van der Waals surface area contributed by atoms with E-state index in [2.05, 4.69) is 120 Å². The number of anilines is 4. The van der Waals surface area contributed by atoms with E-state index in [9.17, 15) is 0 Å². The summed E-state index contributed by atoms with van der Waals surface area (Å²) in [5.41, 5.74) is 7.01. The van der Waals surface area contributed by atoms with E-state index in [1.807, 2.05) is 24.3 Å². The molecule has 0 saturated heterocycles. The topological polar surface area (TPSA) is 6.48 Å². The van der Waals surface area contributed by atoms with Crippen molar-refractivity contribution in [1.82, 2.24) is 0 Å². The Bertz CT molecular complexity index is 1040. The highest BCUT2D eigenvalue weighted by Gasteiger charge is 2.10. The van der Waals surface area contributed by atoms with E-state index < -0.39 is 0 Å². The third kappa shape index (κ3) is 4.81. The van der Waals surface area contributed by atoms with Gasteiger partial charge in [0, 0.05) is 35.8 Å². The second-order valence-electron chi connectivity index (χ2n) is 7.56. The first-order valence-electron chi connectivity index (χ1n) is 10.9. The quantitative estimate of drug-likeness (QED) is 0.255. The molecule has 4 aromatic rings. The van der Waals surface area contributed by atoms with Crippen LogP contribution in [0.1, 0.15) is 0 Å². The van der Waals surface area contributed by atoms with E-state index in [4.69, 9.17) is 0 Å². The molecule has 0 unspecified atom stereocenters. The van der Waals surface area contributed by atoms with Gasteiger partial charge in [0.1, 0.15) is 0 Å². The molecular weight excluding hydrogens is 388 g/mol. The minimum atomic E-state index is 0.761. The molecule has 158 valence electrons. The Hall–Kier alpha value is -4.04. The predicted octanol–water partition coefficient (Wildman–Crippen LogP) is 8.00. The summed E-state index contributed by atoms with van der Waals surface area (Å²) in [7, 11) is 0. The molecule has 4 aromatic carbocycles. The largest absolute Gasteiger partial charge is 0.338 e. The molecule has 0 saturated carbocycles. The fourth-order valence-corrected chi connectivity index (χ4v) is 3.86. The molecule has 0 spiro atoms. The van der Waals surface area contributed by atoms with Crippen molar-refractivity contribution in [3.05, 3.63) is 135 Å². The maximum Gasteiger partial charge on any atom is 0.0414 e. The van der Waals surface area contributed by atoms with Crippen LogP contribution in [0.4, 0.5) is 22.7 Å². The number of rotatable bonds is 9. The van der Waals surface area contributed by atoms with Gasteiger partial charge >= 0.3 is 0 Å². The zero-order chi connectivity index (χ0) is 22.2. The van der Waals surface area contributed by atoms with Crippen molar-refractivity contribution in [2.75, 3.05) is 22.9 Å².